The molecule has 1 atom stereocenters. The Morgan fingerprint density at radius 3 is 2.94 bits per heavy atom. The fourth-order valence-corrected chi connectivity index (χ4v) is 1.77. The summed E-state index contributed by atoms with van der Waals surface area (Å²) in [6.45, 7) is 1.65. The summed E-state index contributed by atoms with van der Waals surface area (Å²) < 4.78 is 1.65. The van der Waals surface area contributed by atoms with Gasteiger partial charge in [0.25, 0.3) is 5.91 Å². The number of amides is 1. The first-order valence-electron chi connectivity index (χ1n) is 5.26. The smallest absolute Gasteiger partial charge is 0.253 e. The molecule has 4 N–H and O–H groups in total. The first kappa shape index (κ1) is 11.6. The Balaban J connectivity index is 2.55. The van der Waals surface area contributed by atoms with E-state index in [1.807, 2.05) is 24.3 Å². The van der Waals surface area contributed by atoms with Gasteiger partial charge in [-0.25, -0.2) is 10.8 Å². The van der Waals surface area contributed by atoms with Crippen molar-refractivity contribution in [3.8, 4) is 0 Å². The largest absolute Gasteiger partial charge is 0.385 e. The number of carbonyl (C=O) groups excluding carboxylic acids is 1. The summed E-state index contributed by atoms with van der Waals surface area (Å²) in [5.41, 5.74) is 3.61. The fraction of sp³-hybridized carbons (Fsp3) is 0.273. The maximum absolute atomic E-state index is 11.3. The maximum atomic E-state index is 11.3. The molecule has 6 nitrogen and oxygen atoms in total. The van der Waals surface area contributed by atoms with Crippen LogP contribution in [0.2, 0.25) is 0 Å². The number of benzene rings is 1. The molecular weight excluding hydrogens is 220 g/mol. The minimum atomic E-state index is -0.743. The average Bonchev–Trinajstić information content (AvgIpc) is 2.68. The van der Waals surface area contributed by atoms with E-state index in [4.69, 9.17) is 5.84 Å². The number of rotatable bonds is 3. The molecule has 0 saturated carbocycles. The zero-order valence-corrected chi connectivity index (χ0v) is 9.42. The molecule has 0 aliphatic rings. The lowest BCUT2D eigenvalue weighted by atomic mass is 10.3. The molecule has 0 aliphatic heterocycles. The van der Waals surface area contributed by atoms with Gasteiger partial charge in [0.1, 0.15) is 18.5 Å². The number of imidazole rings is 1. The van der Waals surface area contributed by atoms with Crippen molar-refractivity contribution in [1.29, 1.82) is 0 Å². The number of aromatic nitrogens is 2. The predicted molar refractivity (Wildman–Crippen MR) is 62.7 cm³/mol. The van der Waals surface area contributed by atoms with Crippen molar-refractivity contribution < 1.29 is 9.90 Å². The Bertz CT molecular complexity index is 547. The lowest BCUT2D eigenvalue weighted by molar-refractivity contribution is -0.121. The molecule has 17 heavy (non-hydrogen) atoms. The highest BCUT2D eigenvalue weighted by molar-refractivity contribution is 5.80. The minimum Gasteiger partial charge on any atom is -0.385 e. The van der Waals surface area contributed by atoms with Crippen LogP contribution in [0, 0.1) is 0 Å². The Morgan fingerprint density at radius 2 is 2.29 bits per heavy atom. The van der Waals surface area contributed by atoms with Gasteiger partial charge in [-0.1, -0.05) is 12.1 Å². The molecule has 0 aliphatic carbocycles. The van der Waals surface area contributed by atoms with Crippen LogP contribution in [-0.4, -0.2) is 20.6 Å². The number of hydrogen-bond donors (Lipinski definition) is 3. The van der Waals surface area contributed by atoms with Gasteiger partial charge in [-0.15, -0.1) is 0 Å². The quantitative estimate of drug-likeness (QED) is 0.398. The third-order valence-corrected chi connectivity index (χ3v) is 2.52. The molecule has 1 heterocycles. The third kappa shape index (κ3) is 2.13. The van der Waals surface area contributed by atoms with E-state index in [0.29, 0.717) is 5.82 Å². The summed E-state index contributed by atoms with van der Waals surface area (Å²) in [4.78, 5) is 15.6. The van der Waals surface area contributed by atoms with Gasteiger partial charge in [-0.3, -0.25) is 10.2 Å². The highest BCUT2D eigenvalue weighted by atomic mass is 16.3. The van der Waals surface area contributed by atoms with Crippen LogP contribution in [0.4, 0.5) is 0 Å². The van der Waals surface area contributed by atoms with Crippen LogP contribution in [0.25, 0.3) is 11.0 Å². The summed E-state index contributed by atoms with van der Waals surface area (Å²) in [7, 11) is 0. The Kier molecular flexibility index (Phi) is 3.08. The van der Waals surface area contributed by atoms with E-state index in [9.17, 15) is 9.90 Å². The normalized spacial score (nSPS) is 12.6. The minimum absolute atomic E-state index is 0.0389. The van der Waals surface area contributed by atoms with Gasteiger partial charge in [0.05, 0.1) is 11.0 Å². The van der Waals surface area contributed by atoms with Crippen LogP contribution in [0.3, 0.4) is 0 Å². The lowest BCUT2D eigenvalue weighted by Gasteiger charge is -2.09. The summed E-state index contributed by atoms with van der Waals surface area (Å²) in [6, 6.07) is 7.39. The number of nitrogens with two attached hydrogens (primary N) is 1. The molecule has 0 spiro atoms. The third-order valence-electron chi connectivity index (χ3n) is 2.52. The molecule has 0 bridgehead atoms. The summed E-state index contributed by atoms with van der Waals surface area (Å²) in [5, 5.41) is 9.64. The van der Waals surface area contributed by atoms with Gasteiger partial charge in [-0.05, 0) is 19.1 Å². The van der Waals surface area contributed by atoms with Crippen LogP contribution in [0.5, 0.6) is 0 Å². The fourth-order valence-electron chi connectivity index (χ4n) is 1.77. The average molecular weight is 234 g/mol. The first-order chi connectivity index (χ1) is 8.13. The number of aliphatic hydroxyl groups is 1. The van der Waals surface area contributed by atoms with Crippen LogP contribution in [-0.2, 0) is 11.3 Å². The van der Waals surface area contributed by atoms with Gasteiger partial charge in [-0.2, -0.15) is 0 Å². The maximum Gasteiger partial charge on any atom is 0.253 e. The number of nitrogens with zero attached hydrogens (tertiary/aromatic N) is 2. The number of nitrogens with one attached hydrogen (secondary N) is 1. The van der Waals surface area contributed by atoms with Crippen molar-refractivity contribution in [3.05, 3.63) is 30.1 Å². The number of hydrogen-bond acceptors (Lipinski definition) is 4. The highest BCUT2D eigenvalue weighted by Gasteiger charge is 2.16. The molecule has 0 saturated heterocycles. The Labute approximate surface area is 98.0 Å². The number of aliphatic hydroxyl groups excluding tert-OH is 1. The molecule has 0 fully saturated rings. The van der Waals surface area contributed by atoms with E-state index in [1.165, 1.54) is 0 Å². The molecule has 0 radical (unpaired) electrons. The monoisotopic (exact) mass is 234 g/mol. The number of carbonyl (C=O) groups is 1. The molecule has 1 aromatic heterocycles. The molecule has 6 heteroatoms. The van der Waals surface area contributed by atoms with Gasteiger partial charge in [0.15, 0.2) is 0 Å². The molecule has 2 aromatic rings. The van der Waals surface area contributed by atoms with E-state index in [0.717, 1.165) is 11.0 Å². The second kappa shape index (κ2) is 4.52. The van der Waals surface area contributed by atoms with Crippen molar-refractivity contribution in [2.75, 3.05) is 0 Å². The van der Waals surface area contributed by atoms with Crippen molar-refractivity contribution in [1.82, 2.24) is 15.0 Å². The molecular formula is C11H14N4O2. The van der Waals surface area contributed by atoms with Crippen LogP contribution >= 0.6 is 0 Å². The topological polar surface area (TPSA) is 93.2 Å². The van der Waals surface area contributed by atoms with Gasteiger partial charge < -0.3 is 9.67 Å². The summed E-state index contributed by atoms with van der Waals surface area (Å²) >= 11 is 0. The van der Waals surface area contributed by atoms with E-state index in [-0.39, 0.29) is 12.5 Å². The van der Waals surface area contributed by atoms with E-state index < -0.39 is 6.10 Å². The SMILES string of the molecule is CC(O)c1nc2ccccc2n1CC(=O)NN. The van der Waals surface area contributed by atoms with E-state index in [1.54, 1.807) is 11.5 Å². The molecule has 90 valence electrons. The van der Waals surface area contributed by atoms with Gasteiger partial charge >= 0.3 is 0 Å². The molecule has 1 aromatic carbocycles. The number of fused-ring (bicyclic) bond motifs is 1. The highest BCUT2D eigenvalue weighted by Crippen LogP contribution is 2.20. The van der Waals surface area contributed by atoms with Crippen molar-refractivity contribution >= 4 is 16.9 Å². The van der Waals surface area contributed by atoms with E-state index >= 15 is 0 Å². The second-order valence-corrected chi connectivity index (χ2v) is 3.79. The summed E-state index contributed by atoms with van der Waals surface area (Å²) in [5.74, 6) is 5.18. The van der Waals surface area contributed by atoms with Crippen molar-refractivity contribution in [2.45, 2.75) is 19.6 Å². The first-order valence-corrected chi connectivity index (χ1v) is 5.26. The Morgan fingerprint density at radius 1 is 1.59 bits per heavy atom. The van der Waals surface area contributed by atoms with Crippen LogP contribution in [0.1, 0.15) is 18.9 Å². The van der Waals surface area contributed by atoms with Crippen molar-refractivity contribution in [2.24, 2.45) is 5.84 Å². The van der Waals surface area contributed by atoms with Crippen LogP contribution < -0.4 is 11.3 Å². The lowest BCUT2D eigenvalue weighted by Crippen LogP contribution is -2.33. The predicted octanol–water partition coefficient (Wildman–Crippen LogP) is 0.0795. The zero-order valence-electron chi connectivity index (χ0n) is 9.42. The Hall–Kier alpha value is -1.92. The standard InChI is InChI=1S/C11H14N4O2/c1-7(16)11-13-8-4-2-3-5-9(8)15(11)6-10(17)14-12/h2-5,7,16H,6,12H2,1H3,(H,14,17). The summed E-state index contributed by atoms with van der Waals surface area (Å²) in [6.07, 6.45) is -0.743. The van der Waals surface area contributed by atoms with E-state index in [2.05, 4.69) is 10.4 Å². The van der Waals surface area contributed by atoms with Gasteiger partial charge in [0.2, 0.25) is 0 Å². The zero-order chi connectivity index (χ0) is 12.4. The molecule has 1 unspecified atom stereocenters. The number of para-hydroxylation sites is 2. The van der Waals surface area contributed by atoms with Crippen LogP contribution in [0.15, 0.2) is 24.3 Å². The number of hydrazine groups is 1. The van der Waals surface area contributed by atoms with Crippen molar-refractivity contribution in [3.63, 3.8) is 0 Å². The molecule has 1 amide bonds. The second-order valence-electron chi connectivity index (χ2n) is 3.79. The molecule has 2 rings (SSSR count). The van der Waals surface area contributed by atoms with Gasteiger partial charge in [0, 0.05) is 0 Å².